The molecule has 6 nitrogen and oxygen atoms in total. The highest BCUT2D eigenvalue weighted by Crippen LogP contribution is 2.10. The van der Waals surface area contributed by atoms with Crippen molar-refractivity contribution in [3.05, 3.63) is 12.0 Å². The van der Waals surface area contributed by atoms with Gasteiger partial charge in [-0.25, -0.2) is 9.37 Å². The molecular formula is C10H15FN4O2. The van der Waals surface area contributed by atoms with E-state index in [-0.39, 0.29) is 24.2 Å². The first-order valence-corrected chi connectivity index (χ1v) is 5.31. The molecule has 0 aromatic carbocycles. The van der Waals surface area contributed by atoms with Gasteiger partial charge in [-0.2, -0.15) is 4.98 Å². The summed E-state index contributed by atoms with van der Waals surface area (Å²) < 4.78 is 17.9. The second-order valence-corrected chi connectivity index (χ2v) is 3.26. The van der Waals surface area contributed by atoms with Gasteiger partial charge in [0.2, 0.25) is 5.95 Å². The van der Waals surface area contributed by atoms with Crippen molar-refractivity contribution in [3.8, 4) is 0 Å². The molecule has 1 heterocycles. The zero-order chi connectivity index (χ0) is 12.7. The van der Waals surface area contributed by atoms with Crippen molar-refractivity contribution in [1.82, 2.24) is 9.97 Å². The van der Waals surface area contributed by atoms with Gasteiger partial charge in [0.05, 0.1) is 12.8 Å². The van der Waals surface area contributed by atoms with E-state index in [0.29, 0.717) is 19.6 Å². The minimum atomic E-state index is -0.574. The zero-order valence-electron chi connectivity index (χ0n) is 9.57. The third-order valence-electron chi connectivity index (χ3n) is 1.92. The maximum atomic E-state index is 13.1. The van der Waals surface area contributed by atoms with Crippen LogP contribution in [0.25, 0.3) is 0 Å². The number of halogens is 1. The molecule has 0 saturated heterocycles. The summed E-state index contributed by atoms with van der Waals surface area (Å²) in [5.74, 6) is -0.798. The molecule has 0 fully saturated rings. The van der Waals surface area contributed by atoms with E-state index < -0.39 is 5.82 Å². The first-order chi connectivity index (χ1) is 8.13. The third kappa shape index (κ3) is 4.62. The van der Waals surface area contributed by atoms with Crippen LogP contribution in [-0.2, 0) is 9.53 Å². The average Bonchev–Trinajstić information content (AvgIpc) is 2.29. The van der Waals surface area contributed by atoms with Gasteiger partial charge in [-0.1, -0.05) is 0 Å². The topological polar surface area (TPSA) is 90.1 Å². The Morgan fingerprint density at radius 1 is 1.65 bits per heavy atom. The molecule has 0 atom stereocenters. The van der Waals surface area contributed by atoms with Gasteiger partial charge in [-0.05, 0) is 13.3 Å². The van der Waals surface area contributed by atoms with Crippen molar-refractivity contribution in [2.45, 2.75) is 19.8 Å². The minimum absolute atomic E-state index is 0.000655. The molecule has 17 heavy (non-hydrogen) atoms. The van der Waals surface area contributed by atoms with E-state index in [1.165, 1.54) is 0 Å². The van der Waals surface area contributed by atoms with E-state index >= 15 is 0 Å². The highest BCUT2D eigenvalue weighted by Gasteiger charge is 2.05. The van der Waals surface area contributed by atoms with Gasteiger partial charge in [0.25, 0.3) is 0 Å². The quantitative estimate of drug-likeness (QED) is 0.570. The largest absolute Gasteiger partial charge is 0.466 e. The number of nitrogen functional groups attached to an aromatic ring is 1. The van der Waals surface area contributed by atoms with Crippen LogP contribution in [-0.4, -0.2) is 29.1 Å². The van der Waals surface area contributed by atoms with Crippen LogP contribution in [0, 0.1) is 5.82 Å². The maximum absolute atomic E-state index is 13.1. The highest BCUT2D eigenvalue weighted by molar-refractivity contribution is 5.69. The fraction of sp³-hybridized carbons (Fsp3) is 0.500. The van der Waals surface area contributed by atoms with Gasteiger partial charge in [0, 0.05) is 13.0 Å². The van der Waals surface area contributed by atoms with Gasteiger partial charge >= 0.3 is 5.97 Å². The van der Waals surface area contributed by atoms with Crippen molar-refractivity contribution in [2.75, 3.05) is 24.2 Å². The van der Waals surface area contributed by atoms with Gasteiger partial charge in [-0.15, -0.1) is 0 Å². The Kier molecular flexibility index (Phi) is 5.12. The molecule has 0 amide bonds. The lowest BCUT2D eigenvalue weighted by atomic mass is 10.3. The number of aromatic nitrogens is 2. The average molecular weight is 242 g/mol. The fourth-order valence-corrected chi connectivity index (χ4v) is 1.18. The van der Waals surface area contributed by atoms with E-state index in [2.05, 4.69) is 15.3 Å². The SMILES string of the molecule is CCOC(=O)CCCNc1nc(N)ncc1F. The van der Waals surface area contributed by atoms with Crippen LogP contribution in [0.15, 0.2) is 6.20 Å². The van der Waals surface area contributed by atoms with Gasteiger partial charge in [-0.3, -0.25) is 4.79 Å². The summed E-state index contributed by atoms with van der Waals surface area (Å²) in [5.41, 5.74) is 5.32. The first kappa shape index (κ1) is 13.1. The number of hydrogen-bond acceptors (Lipinski definition) is 6. The molecule has 0 aliphatic carbocycles. The molecule has 0 bridgehead atoms. The molecule has 0 unspecified atom stereocenters. The van der Waals surface area contributed by atoms with Crippen LogP contribution in [0.5, 0.6) is 0 Å². The summed E-state index contributed by atoms with van der Waals surface area (Å²) in [6.45, 7) is 2.52. The summed E-state index contributed by atoms with van der Waals surface area (Å²) in [5, 5.41) is 2.74. The third-order valence-corrected chi connectivity index (χ3v) is 1.92. The van der Waals surface area contributed by atoms with E-state index in [1.54, 1.807) is 6.92 Å². The Balaban J connectivity index is 2.31. The number of nitrogens with two attached hydrogens (primary N) is 1. The van der Waals surface area contributed by atoms with Crippen LogP contribution >= 0.6 is 0 Å². The van der Waals surface area contributed by atoms with Gasteiger partial charge in [0.15, 0.2) is 11.6 Å². The number of nitrogens with zero attached hydrogens (tertiary/aromatic N) is 2. The molecule has 0 aliphatic rings. The number of hydrogen-bond donors (Lipinski definition) is 2. The molecule has 0 saturated carbocycles. The smallest absolute Gasteiger partial charge is 0.305 e. The molecule has 3 N–H and O–H groups in total. The molecule has 1 aromatic heterocycles. The molecule has 0 radical (unpaired) electrons. The minimum Gasteiger partial charge on any atom is -0.466 e. The number of nitrogens with one attached hydrogen (secondary N) is 1. The van der Waals surface area contributed by atoms with E-state index in [4.69, 9.17) is 10.5 Å². The summed E-state index contributed by atoms with van der Waals surface area (Å²) in [6, 6.07) is 0. The second kappa shape index (κ2) is 6.62. The number of carbonyl (C=O) groups excluding carboxylic acids is 1. The number of rotatable bonds is 6. The normalized spacial score (nSPS) is 10.0. The van der Waals surface area contributed by atoms with Gasteiger partial charge < -0.3 is 15.8 Å². The Morgan fingerprint density at radius 3 is 3.12 bits per heavy atom. The molecule has 1 rings (SSSR count). The van der Waals surface area contributed by atoms with Crippen molar-refractivity contribution in [3.63, 3.8) is 0 Å². The Morgan fingerprint density at radius 2 is 2.41 bits per heavy atom. The zero-order valence-corrected chi connectivity index (χ0v) is 9.57. The number of ether oxygens (including phenoxy) is 1. The molecule has 1 aromatic rings. The van der Waals surface area contributed by atoms with E-state index in [9.17, 15) is 9.18 Å². The maximum Gasteiger partial charge on any atom is 0.305 e. The lowest BCUT2D eigenvalue weighted by Crippen LogP contribution is -2.10. The lowest BCUT2D eigenvalue weighted by Gasteiger charge is -2.06. The predicted octanol–water partition coefficient (Wildman–Crippen LogP) is 0.953. The molecule has 7 heteroatoms. The lowest BCUT2D eigenvalue weighted by molar-refractivity contribution is -0.143. The Bertz CT molecular complexity index is 387. The van der Waals surface area contributed by atoms with E-state index in [1.807, 2.05) is 0 Å². The summed E-state index contributed by atoms with van der Waals surface area (Å²) >= 11 is 0. The predicted molar refractivity (Wildman–Crippen MR) is 60.8 cm³/mol. The fourth-order valence-electron chi connectivity index (χ4n) is 1.18. The molecule has 0 spiro atoms. The standard InChI is InChI=1S/C10H15FN4O2/c1-2-17-8(16)4-3-5-13-9-7(11)6-14-10(12)15-9/h6H,2-5H2,1H3,(H3,12,13,14,15). The number of esters is 1. The van der Waals surface area contributed by atoms with Crippen molar-refractivity contribution in [2.24, 2.45) is 0 Å². The highest BCUT2D eigenvalue weighted by atomic mass is 19.1. The number of carbonyl (C=O) groups is 1. The van der Waals surface area contributed by atoms with Crippen LogP contribution in [0.1, 0.15) is 19.8 Å². The Hall–Kier alpha value is -1.92. The molecule has 0 aliphatic heterocycles. The summed E-state index contributed by atoms with van der Waals surface area (Å²) in [6.07, 6.45) is 1.81. The van der Waals surface area contributed by atoms with Crippen LogP contribution in [0.4, 0.5) is 16.2 Å². The van der Waals surface area contributed by atoms with Gasteiger partial charge in [0.1, 0.15) is 0 Å². The summed E-state index contributed by atoms with van der Waals surface area (Å²) in [7, 11) is 0. The second-order valence-electron chi connectivity index (χ2n) is 3.26. The van der Waals surface area contributed by atoms with Crippen LogP contribution < -0.4 is 11.1 Å². The van der Waals surface area contributed by atoms with Crippen LogP contribution in [0.3, 0.4) is 0 Å². The monoisotopic (exact) mass is 242 g/mol. The number of anilines is 2. The molecule has 94 valence electrons. The Labute approximate surface area is 98.4 Å². The van der Waals surface area contributed by atoms with Crippen molar-refractivity contribution >= 4 is 17.7 Å². The van der Waals surface area contributed by atoms with Crippen molar-refractivity contribution < 1.29 is 13.9 Å². The van der Waals surface area contributed by atoms with E-state index in [0.717, 1.165) is 6.20 Å². The summed E-state index contributed by atoms with van der Waals surface area (Å²) in [4.78, 5) is 18.2. The van der Waals surface area contributed by atoms with Crippen molar-refractivity contribution in [1.29, 1.82) is 0 Å². The molecular weight excluding hydrogens is 227 g/mol. The first-order valence-electron chi connectivity index (χ1n) is 5.31. The van der Waals surface area contributed by atoms with Crippen LogP contribution in [0.2, 0.25) is 0 Å².